The van der Waals surface area contributed by atoms with Gasteiger partial charge in [-0.15, -0.1) is 6.58 Å². The minimum absolute atomic E-state index is 0.0357. The minimum atomic E-state index is -0.0357. The van der Waals surface area contributed by atoms with E-state index in [0.717, 1.165) is 5.69 Å². The van der Waals surface area contributed by atoms with Crippen LogP contribution in [0.4, 0.5) is 5.82 Å². The Hall–Kier alpha value is -1.58. The smallest absolute Gasteiger partial charge is 0.225 e. The zero-order valence-corrected chi connectivity index (χ0v) is 7.63. The molecule has 0 aliphatic heterocycles. The number of amides is 1. The van der Waals surface area contributed by atoms with Crippen molar-refractivity contribution in [3.63, 3.8) is 0 Å². The van der Waals surface area contributed by atoms with Crippen LogP contribution in [0.1, 0.15) is 18.5 Å². The number of aryl methyl sites for hydroxylation is 1. The number of aromatic nitrogens is 2. The maximum atomic E-state index is 11.2. The van der Waals surface area contributed by atoms with Gasteiger partial charge in [0.25, 0.3) is 0 Å². The first-order valence-corrected chi connectivity index (χ1v) is 4.15. The van der Waals surface area contributed by atoms with Gasteiger partial charge in [-0.25, -0.2) is 0 Å². The number of nitrogens with zero attached hydrogens (tertiary/aromatic N) is 1. The summed E-state index contributed by atoms with van der Waals surface area (Å²) in [4.78, 5) is 11.2. The van der Waals surface area contributed by atoms with Crippen LogP contribution in [0.2, 0.25) is 0 Å². The lowest BCUT2D eigenvalue weighted by atomic mass is 10.3. The number of anilines is 1. The summed E-state index contributed by atoms with van der Waals surface area (Å²) in [7, 11) is 0. The monoisotopic (exact) mass is 179 g/mol. The van der Waals surface area contributed by atoms with E-state index >= 15 is 0 Å². The van der Waals surface area contributed by atoms with E-state index in [9.17, 15) is 4.79 Å². The summed E-state index contributed by atoms with van der Waals surface area (Å²) >= 11 is 0. The topological polar surface area (TPSA) is 57.8 Å². The van der Waals surface area contributed by atoms with Gasteiger partial charge in [-0.2, -0.15) is 5.10 Å². The van der Waals surface area contributed by atoms with Gasteiger partial charge in [-0.05, 0) is 13.3 Å². The molecule has 1 aromatic rings. The van der Waals surface area contributed by atoms with E-state index in [4.69, 9.17) is 0 Å². The Morgan fingerprint density at radius 2 is 2.62 bits per heavy atom. The summed E-state index contributed by atoms with van der Waals surface area (Å²) in [6.07, 6.45) is 2.86. The van der Waals surface area contributed by atoms with E-state index in [1.807, 2.05) is 6.92 Å². The van der Waals surface area contributed by atoms with Crippen LogP contribution in [0.25, 0.3) is 0 Å². The Bertz CT molecular complexity index is 304. The molecule has 0 aromatic carbocycles. The number of hydrogen-bond donors (Lipinski definition) is 2. The van der Waals surface area contributed by atoms with Crippen LogP contribution in [-0.2, 0) is 4.79 Å². The van der Waals surface area contributed by atoms with Gasteiger partial charge in [-0.1, -0.05) is 6.08 Å². The highest BCUT2D eigenvalue weighted by Crippen LogP contribution is 2.04. The molecule has 0 saturated heterocycles. The van der Waals surface area contributed by atoms with Crippen LogP contribution in [0.15, 0.2) is 18.7 Å². The van der Waals surface area contributed by atoms with E-state index in [0.29, 0.717) is 18.7 Å². The van der Waals surface area contributed by atoms with Crippen molar-refractivity contribution in [2.45, 2.75) is 19.8 Å². The molecular weight excluding hydrogens is 166 g/mol. The normalized spacial score (nSPS) is 9.62. The third-order valence-corrected chi connectivity index (χ3v) is 1.55. The highest BCUT2D eigenvalue weighted by atomic mass is 16.1. The lowest BCUT2D eigenvalue weighted by molar-refractivity contribution is -0.116. The predicted molar refractivity (Wildman–Crippen MR) is 51.4 cm³/mol. The number of allylic oxidation sites excluding steroid dienone is 1. The first-order valence-electron chi connectivity index (χ1n) is 4.15. The lowest BCUT2D eigenvalue weighted by Gasteiger charge is -1.97. The van der Waals surface area contributed by atoms with Crippen LogP contribution < -0.4 is 5.32 Å². The maximum absolute atomic E-state index is 11.2. The van der Waals surface area contributed by atoms with Gasteiger partial charge in [-0.3, -0.25) is 9.89 Å². The molecule has 4 nitrogen and oxygen atoms in total. The zero-order valence-electron chi connectivity index (χ0n) is 7.63. The SMILES string of the molecule is C=CCCC(=O)Nc1cc(C)[nH]n1. The van der Waals surface area contributed by atoms with Gasteiger partial charge in [0.15, 0.2) is 5.82 Å². The second-order valence-electron chi connectivity index (χ2n) is 2.81. The largest absolute Gasteiger partial charge is 0.309 e. The standard InChI is InChI=1S/C9H13N3O/c1-3-4-5-9(13)10-8-6-7(2)11-12-8/h3,6H,1,4-5H2,2H3,(H2,10,11,12,13). The van der Waals surface area contributed by atoms with Gasteiger partial charge >= 0.3 is 0 Å². The third-order valence-electron chi connectivity index (χ3n) is 1.55. The average molecular weight is 179 g/mol. The van der Waals surface area contributed by atoms with Crippen molar-refractivity contribution in [3.8, 4) is 0 Å². The number of nitrogens with one attached hydrogen (secondary N) is 2. The van der Waals surface area contributed by atoms with E-state index in [1.54, 1.807) is 12.1 Å². The second kappa shape index (κ2) is 4.45. The van der Waals surface area contributed by atoms with E-state index in [1.165, 1.54) is 0 Å². The Morgan fingerprint density at radius 3 is 3.15 bits per heavy atom. The zero-order chi connectivity index (χ0) is 9.68. The van der Waals surface area contributed by atoms with Crippen molar-refractivity contribution in [1.82, 2.24) is 10.2 Å². The number of carbonyl (C=O) groups is 1. The Kier molecular flexibility index (Phi) is 3.25. The summed E-state index contributed by atoms with van der Waals surface area (Å²) in [6.45, 7) is 5.42. The first kappa shape index (κ1) is 9.51. The van der Waals surface area contributed by atoms with Crippen LogP contribution in [0, 0.1) is 6.92 Å². The molecule has 0 spiro atoms. The summed E-state index contributed by atoms with van der Waals surface area (Å²) in [5.41, 5.74) is 0.930. The van der Waals surface area contributed by atoms with Gasteiger partial charge in [0.1, 0.15) is 0 Å². The van der Waals surface area contributed by atoms with Crippen molar-refractivity contribution in [1.29, 1.82) is 0 Å². The average Bonchev–Trinajstić information content (AvgIpc) is 2.48. The molecule has 13 heavy (non-hydrogen) atoms. The van der Waals surface area contributed by atoms with Gasteiger partial charge in [0, 0.05) is 18.2 Å². The first-order chi connectivity index (χ1) is 6.22. The minimum Gasteiger partial charge on any atom is -0.309 e. The molecule has 70 valence electrons. The summed E-state index contributed by atoms with van der Waals surface area (Å²) in [6, 6.07) is 1.78. The molecule has 0 aliphatic carbocycles. The highest BCUT2D eigenvalue weighted by Gasteiger charge is 2.02. The molecule has 1 aromatic heterocycles. The quantitative estimate of drug-likeness (QED) is 0.690. The lowest BCUT2D eigenvalue weighted by Crippen LogP contribution is -2.10. The molecule has 1 heterocycles. The fourth-order valence-electron chi connectivity index (χ4n) is 0.921. The van der Waals surface area contributed by atoms with Crippen molar-refractivity contribution < 1.29 is 4.79 Å². The molecular formula is C9H13N3O. The van der Waals surface area contributed by atoms with Crippen molar-refractivity contribution in [2.75, 3.05) is 5.32 Å². The van der Waals surface area contributed by atoms with Gasteiger partial charge in [0.2, 0.25) is 5.91 Å². The third kappa shape index (κ3) is 3.11. The summed E-state index contributed by atoms with van der Waals surface area (Å²) < 4.78 is 0. The number of rotatable bonds is 4. The fraction of sp³-hybridized carbons (Fsp3) is 0.333. The Labute approximate surface area is 77.0 Å². The molecule has 0 bridgehead atoms. The summed E-state index contributed by atoms with van der Waals surface area (Å²) in [5.74, 6) is 0.540. The van der Waals surface area contributed by atoms with Gasteiger partial charge in [0.05, 0.1) is 0 Å². The molecule has 0 atom stereocenters. The maximum Gasteiger partial charge on any atom is 0.225 e. The van der Waals surface area contributed by atoms with Gasteiger partial charge < -0.3 is 5.32 Å². The van der Waals surface area contributed by atoms with Crippen LogP contribution >= 0.6 is 0 Å². The second-order valence-corrected chi connectivity index (χ2v) is 2.81. The fourth-order valence-corrected chi connectivity index (χ4v) is 0.921. The molecule has 2 N–H and O–H groups in total. The molecule has 4 heteroatoms. The number of carbonyl (C=O) groups excluding carboxylic acids is 1. The molecule has 0 aliphatic rings. The molecule has 1 amide bonds. The Morgan fingerprint density at radius 1 is 1.85 bits per heavy atom. The molecule has 0 saturated carbocycles. The van der Waals surface area contributed by atoms with Crippen molar-refractivity contribution in [2.24, 2.45) is 0 Å². The van der Waals surface area contributed by atoms with Crippen molar-refractivity contribution >= 4 is 11.7 Å². The van der Waals surface area contributed by atoms with Crippen LogP contribution in [0.5, 0.6) is 0 Å². The number of aromatic amines is 1. The molecule has 0 radical (unpaired) electrons. The van der Waals surface area contributed by atoms with Crippen LogP contribution in [0.3, 0.4) is 0 Å². The number of H-pyrrole nitrogens is 1. The molecule has 0 fully saturated rings. The van der Waals surface area contributed by atoms with E-state index in [2.05, 4.69) is 22.1 Å². The van der Waals surface area contributed by atoms with E-state index < -0.39 is 0 Å². The Balaban J connectivity index is 2.40. The van der Waals surface area contributed by atoms with E-state index in [-0.39, 0.29) is 5.91 Å². The number of hydrogen-bond acceptors (Lipinski definition) is 2. The highest BCUT2D eigenvalue weighted by molar-refractivity contribution is 5.89. The predicted octanol–water partition coefficient (Wildman–Crippen LogP) is 1.62. The summed E-state index contributed by atoms with van der Waals surface area (Å²) in [5, 5.41) is 9.29. The van der Waals surface area contributed by atoms with Crippen LogP contribution in [-0.4, -0.2) is 16.1 Å². The molecule has 1 rings (SSSR count). The van der Waals surface area contributed by atoms with Crippen molar-refractivity contribution in [3.05, 3.63) is 24.4 Å². The molecule has 0 unspecified atom stereocenters.